The van der Waals surface area contributed by atoms with Crippen molar-refractivity contribution in [2.75, 3.05) is 39.6 Å². The van der Waals surface area contributed by atoms with Crippen LogP contribution in [0, 0.1) is 0 Å². The molecule has 0 saturated heterocycles. The average Bonchev–Trinajstić information content (AvgIpc) is 2.83. The Balaban J connectivity index is 1.60. The van der Waals surface area contributed by atoms with Gasteiger partial charge in [-0.05, 0) is 48.5 Å². The number of carboxylic acid groups (broad SMARTS) is 1. The fraction of sp³-hybridized carbons (Fsp3) is 0.304. The van der Waals surface area contributed by atoms with Crippen LogP contribution < -0.4 is 0 Å². The van der Waals surface area contributed by atoms with Gasteiger partial charge in [-0.25, -0.2) is 19.2 Å². The molecule has 0 fully saturated rings. The van der Waals surface area contributed by atoms with E-state index >= 15 is 0 Å². The van der Waals surface area contributed by atoms with E-state index < -0.39 is 23.9 Å². The maximum atomic E-state index is 12.0. The minimum atomic E-state index is -1.09. The van der Waals surface area contributed by atoms with Crippen LogP contribution in [-0.2, 0) is 18.9 Å². The van der Waals surface area contributed by atoms with Crippen LogP contribution in [0.15, 0.2) is 48.5 Å². The minimum absolute atomic E-state index is 0.0195. The molecule has 0 radical (unpaired) electrons. The zero-order valence-electron chi connectivity index (χ0n) is 17.7. The first-order chi connectivity index (χ1) is 15.9. The second-order valence-corrected chi connectivity index (χ2v) is 6.56. The summed E-state index contributed by atoms with van der Waals surface area (Å²) in [5.74, 6) is -2.83. The van der Waals surface area contributed by atoms with Gasteiger partial charge < -0.3 is 29.2 Å². The number of aliphatic hydroxyl groups is 1. The van der Waals surface area contributed by atoms with Gasteiger partial charge in [-0.3, -0.25) is 0 Å². The molecule has 0 aliphatic carbocycles. The number of ether oxygens (including phenoxy) is 4. The predicted molar refractivity (Wildman–Crippen MR) is 113 cm³/mol. The van der Waals surface area contributed by atoms with Crippen molar-refractivity contribution in [3.8, 4) is 0 Å². The molecule has 0 heterocycles. The van der Waals surface area contributed by atoms with Gasteiger partial charge in [-0.15, -0.1) is 0 Å². The fourth-order valence-corrected chi connectivity index (χ4v) is 2.46. The van der Waals surface area contributed by atoms with Gasteiger partial charge in [-0.2, -0.15) is 0 Å². The van der Waals surface area contributed by atoms with Crippen molar-refractivity contribution >= 4 is 23.9 Å². The van der Waals surface area contributed by atoms with Crippen molar-refractivity contribution in [3.63, 3.8) is 0 Å². The van der Waals surface area contributed by atoms with Gasteiger partial charge in [-0.1, -0.05) is 0 Å². The Kier molecular flexibility index (Phi) is 10.5. The molecule has 0 bridgehead atoms. The van der Waals surface area contributed by atoms with Crippen molar-refractivity contribution in [1.82, 2.24) is 0 Å². The van der Waals surface area contributed by atoms with Crippen LogP contribution in [0.4, 0.5) is 0 Å². The number of benzene rings is 2. The molecule has 0 unspecified atom stereocenters. The summed E-state index contributed by atoms with van der Waals surface area (Å²) >= 11 is 0. The average molecular weight is 460 g/mol. The molecule has 0 spiro atoms. The Morgan fingerprint density at radius 2 is 0.939 bits per heavy atom. The molecule has 0 aromatic heterocycles. The lowest BCUT2D eigenvalue weighted by atomic mass is 10.1. The zero-order valence-corrected chi connectivity index (χ0v) is 17.7. The molecule has 0 saturated carbocycles. The smallest absolute Gasteiger partial charge is 0.338 e. The lowest BCUT2D eigenvalue weighted by Crippen LogP contribution is -2.15. The number of aliphatic hydroxyl groups excluding tert-OH is 1. The van der Waals surface area contributed by atoms with Crippen molar-refractivity contribution in [2.45, 2.75) is 6.42 Å². The summed E-state index contributed by atoms with van der Waals surface area (Å²) in [5.41, 5.74) is 0.820. The summed E-state index contributed by atoms with van der Waals surface area (Å²) in [5, 5.41) is 17.5. The standard InChI is InChI=1S/C23H24O10/c24-10-1-11-31-21(27)18-6-8-19(9-7-18)23(29)33-15-13-30-12-14-32-22(28)17-4-2-16(3-5-17)20(25)26/h2-9,24H,1,10-15H2,(H,25,26). The third-order valence-corrected chi connectivity index (χ3v) is 4.18. The molecule has 2 aromatic rings. The minimum Gasteiger partial charge on any atom is -0.478 e. The fourth-order valence-electron chi connectivity index (χ4n) is 2.46. The highest BCUT2D eigenvalue weighted by molar-refractivity contribution is 5.93. The van der Waals surface area contributed by atoms with Crippen LogP contribution in [0.1, 0.15) is 47.9 Å². The van der Waals surface area contributed by atoms with E-state index in [0.717, 1.165) is 0 Å². The Morgan fingerprint density at radius 3 is 1.30 bits per heavy atom. The number of esters is 3. The first-order valence-corrected chi connectivity index (χ1v) is 10.1. The summed E-state index contributed by atoms with van der Waals surface area (Å²) in [6.45, 7) is 0.170. The lowest BCUT2D eigenvalue weighted by Gasteiger charge is -2.08. The highest BCUT2D eigenvalue weighted by Gasteiger charge is 2.11. The van der Waals surface area contributed by atoms with Crippen LogP contribution in [0.3, 0.4) is 0 Å². The quantitative estimate of drug-likeness (QED) is 0.258. The van der Waals surface area contributed by atoms with Crippen molar-refractivity contribution < 1.29 is 48.3 Å². The van der Waals surface area contributed by atoms with Crippen LogP contribution in [-0.4, -0.2) is 73.7 Å². The normalized spacial score (nSPS) is 10.3. The summed E-state index contributed by atoms with van der Waals surface area (Å²) in [7, 11) is 0. The second kappa shape index (κ2) is 13.6. The van der Waals surface area contributed by atoms with Crippen LogP contribution >= 0.6 is 0 Å². The van der Waals surface area contributed by atoms with Crippen LogP contribution in [0.2, 0.25) is 0 Å². The zero-order chi connectivity index (χ0) is 24.1. The highest BCUT2D eigenvalue weighted by atomic mass is 16.6. The number of rotatable bonds is 13. The van der Waals surface area contributed by atoms with Crippen LogP contribution in [0.5, 0.6) is 0 Å². The third kappa shape index (κ3) is 8.71. The van der Waals surface area contributed by atoms with Gasteiger partial charge >= 0.3 is 23.9 Å². The predicted octanol–water partition coefficient (Wildman–Crippen LogP) is 1.95. The van der Waals surface area contributed by atoms with E-state index in [0.29, 0.717) is 6.42 Å². The van der Waals surface area contributed by atoms with E-state index in [9.17, 15) is 19.2 Å². The van der Waals surface area contributed by atoms with E-state index in [-0.39, 0.29) is 61.9 Å². The molecular weight excluding hydrogens is 436 g/mol. The molecule has 33 heavy (non-hydrogen) atoms. The number of hydrogen-bond acceptors (Lipinski definition) is 9. The number of aromatic carboxylic acids is 1. The Bertz CT molecular complexity index is 935. The van der Waals surface area contributed by atoms with Crippen molar-refractivity contribution in [2.24, 2.45) is 0 Å². The van der Waals surface area contributed by atoms with Gasteiger partial charge in [0.2, 0.25) is 0 Å². The summed E-state index contributed by atoms with van der Waals surface area (Å²) in [6, 6.07) is 11.1. The van der Waals surface area contributed by atoms with Crippen molar-refractivity contribution in [3.05, 3.63) is 70.8 Å². The number of carbonyl (C=O) groups is 4. The molecular formula is C23H24O10. The van der Waals surface area contributed by atoms with Crippen molar-refractivity contribution in [1.29, 1.82) is 0 Å². The van der Waals surface area contributed by atoms with E-state index in [1.165, 1.54) is 48.5 Å². The van der Waals surface area contributed by atoms with Gasteiger partial charge in [0, 0.05) is 13.0 Å². The Hall–Kier alpha value is -3.76. The number of carboxylic acids is 1. The molecule has 0 amide bonds. The summed E-state index contributed by atoms with van der Waals surface area (Å²) < 4.78 is 20.3. The van der Waals surface area contributed by atoms with Gasteiger partial charge in [0.1, 0.15) is 13.2 Å². The molecule has 0 atom stereocenters. The monoisotopic (exact) mass is 460 g/mol. The van der Waals surface area contributed by atoms with E-state index in [1.807, 2.05) is 0 Å². The van der Waals surface area contributed by atoms with Gasteiger partial charge in [0.05, 0.1) is 42.1 Å². The summed E-state index contributed by atoms with van der Waals surface area (Å²) in [6.07, 6.45) is 0.350. The maximum absolute atomic E-state index is 12.0. The molecule has 0 aliphatic heterocycles. The second-order valence-electron chi connectivity index (χ2n) is 6.56. The molecule has 2 rings (SSSR count). The van der Waals surface area contributed by atoms with Gasteiger partial charge in [0.15, 0.2) is 0 Å². The van der Waals surface area contributed by atoms with Gasteiger partial charge in [0.25, 0.3) is 0 Å². The molecule has 10 nitrogen and oxygen atoms in total. The third-order valence-electron chi connectivity index (χ3n) is 4.18. The molecule has 0 aliphatic rings. The molecule has 176 valence electrons. The van der Waals surface area contributed by atoms with E-state index in [2.05, 4.69) is 0 Å². The number of hydrogen-bond donors (Lipinski definition) is 2. The van der Waals surface area contributed by atoms with E-state index in [4.69, 9.17) is 29.2 Å². The summed E-state index contributed by atoms with van der Waals surface area (Å²) in [4.78, 5) is 46.4. The molecule has 2 aromatic carbocycles. The first-order valence-electron chi connectivity index (χ1n) is 10.1. The largest absolute Gasteiger partial charge is 0.478 e. The van der Waals surface area contributed by atoms with E-state index in [1.54, 1.807) is 0 Å². The molecule has 2 N–H and O–H groups in total. The number of carbonyl (C=O) groups excluding carboxylic acids is 3. The maximum Gasteiger partial charge on any atom is 0.338 e. The molecule has 10 heteroatoms. The Morgan fingerprint density at radius 1 is 0.576 bits per heavy atom. The highest BCUT2D eigenvalue weighted by Crippen LogP contribution is 2.08. The Labute approximate surface area is 189 Å². The first kappa shape index (κ1) is 25.5. The SMILES string of the molecule is O=C(O)c1ccc(C(=O)OCCOCCOC(=O)c2ccc(C(=O)OCCCO)cc2)cc1. The lowest BCUT2D eigenvalue weighted by molar-refractivity contribution is 0.0150. The van der Waals surface area contributed by atoms with Crippen LogP contribution in [0.25, 0.3) is 0 Å². The topological polar surface area (TPSA) is 146 Å².